The molecule has 1 amide bonds. The highest BCUT2D eigenvalue weighted by Crippen LogP contribution is 2.37. The van der Waals surface area contributed by atoms with E-state index in [0.29, 0.717) is 11.5 Å². The number of carbonyl (C=O) groups excluding carboxylic acids is 1. The number of terminal acetylenes is 1. The second-order valence-corrected chi connectivity index (χ2v) is 10.5. The minimum atomic E-state index is -3.74. The predicted molar refractivity (Wildman–Crippen MR) is 125 cm³/mol. The molecule has 2 rings (SSSR count). The summed E-state index contributed by atoms with van der Waals surface area (Å²) in [4.78, 5) is 13.1. The first-order valence-electron chi connectivity index (χ1n) is 10.8. The Morgan fingerprint density at radius 1 is 1.25 bits per heavy atom. The molecule has 1 aliphatic carbocycles. The van der Waals surface area contributed by atoms with Crippen molar-refractivity contribution in [2.45, 2.75) is 57.5 Å². The normalized spacial score (nSPS) is 19.9. The van der Waals surface area contributed by atoms with Gasteiger partial charge in [0.25, 0.3) is 10.2 Å². The van der Waals surface area contributed by atoms with Crippen LogP contribution in [0.15, 0.2) is 18.2 Å². The smallest absolute Gasteiger partial charge is 0.279 e. The summed E-state index contributed by atoms with van der Waals surface area (Å²) in [5.74, 6) is 3.16. The van der Waals surface area contributed by atoms with Crippen molar-refractivity contribution in [1.29, 1.82) is 0 Å². The van der Waals surface area contributed by atoms with Crippen LogP contribution in [0.2, 0.25) is 0 Å². The zero-order chi connectivity index (χ0) is 23.9. The number of hydrogen-bond donors (Lipinski definition) is 2. The second kappa shape index (κ2) is 11.5. The van der Waals surface area contributed by atoms with Gasteiger partial charge in [-0.05, 0) is 36.5 Å². The van der Waals surface area contributed by atoms with Gasteiger partial charge in [0, 0.05) is 26.1 Å². The number of carbonyl (C=O) groups is 1. The van der Waals surface area contributed by atoms with E-state index in [4.69, 9.17) is 15.9 Å². The van der Waals surface area contributed by atoms with Crippen molar-refractivity contribution in [3.05, 3.63) is 23.8 Å². The van der Waals surface area contributed by atoms with E-state index in [0.717, 1.165) is 35.6 Å². The summed E-state index contributed by atoms with van der Waals surface area (Å²) in [6, 6.07) is 4.76. The Hall–Kier alpha value is -2.28. The van der Waals surface area contributed by atoms with Crippen LogP contribution in [-0.4, -0.2) is 58.5 Å². The van der Waals surface area contributed by atoms with Crippen LogP contribution in [0.4, 0.5) is 0 Å². The Labute approximate surface area is 192 Å². The third-order valence-electron chi connectivity index (χ3n) is 5.73. The molecule has 1 saturated carbocycles. The van der Waals surface area contributed by atoms with E-state index in [2.05, 4.69) is 16.0 Å². The van der Waals surface area contributed by atoms with Crippen LogP contribution in [0.3, 0.4) is 0 Å². The molecule has 0 aromatic heterocycles. The van der Waals surface area contributed by atoms with Crippen molar-refractivity contribution in [2.75, 3.05) is 27.8 Å². The van der Waals surface area contributed by atoms with Crippen LogP contribution in [0.1, 0.15) is 51.0 Å². The lowest BCUT2D eigenvalue weighted by atomic mass is 9.79. The zero-order valence-corrected chi connectivity index (χ0v) is 20.4. The van der Waals surface area contributed by atoms with E-state index >= 15 is 0 Å². The van der Waals surface area contributed by atoms with Crippen molar-refractivity contribution < 1.29 is 22.7 Å². The highest BCUT2D eigenvalue weighted by atomic mass is 32.2. The van der Waals surface area contributed by atoms with E-state index in [-0.39, 0.29) is 30.4 Å². The Morgan fingerprint density at radius 2 is 1.94 bits per heavy atom. The molecule has 1 fully saturated rings. The average Bonchev–Trinajstić information content (AvgIpc) is 2.76. The third kappa shape index (κ3) is 6.61. The van der Waals surface area contributed by atoms with Crippen LogP contribution >= 0.6 is 0 Å². The monoisotopic (exact) mass is 465 g/mol. The first-order valence-corrected chi connectivity index (χ1v) is 12.3. The van der Waals surface area contributed by atoms with Gasteiger partial charge < -0.3 is 14.8 Å². The Morgan fingerprint density at radius 3 is 2.53 bits per heavy atom. The van der Waals surface area contributed by atoms with Crippen molar-refractivity contribution >= 4 is 16.1 Å². The van der Waals surface area contributed by atoms with Crippen LogP contribution in [0.25, 0.3) is 0 Å². The number of nitrogens with one attached hydrogen (secondary N) is 2. The van der Waals surface area contributed by atoms with Crippen molar-refractivity contribution in [1.82, 2.24) is 14.3 Å². The van der Waals surface area contributed by atoms with Gasteiger partial charge in [-0.2, -0.15) is 17.4 Å². The summed E-state index contributed by atoms with van der Waals surface area (Å²) in [5, 5.41) is 3.11. The molecule has 0 spiro atoms. The largest absolute Gasteiger partial charge is 0.493 e. The number of benzene rings is 1. The molecule has 2 N–H and O–H groups in total. The zero-order valence-electron chi connectivity index (χ0n) is 19.6. The van der Waals surface area contributed by atoms with Crippen molar-refractivity contribution in [3.63, 3.8) is 0 Å². The van der Waals surface area contributed by atoms with E-state index < -0.39 is 16.3 Å². The van der Waals surface area contributed by atoms with Gasteiger partial charge in [0.15, 0.2) is 11.5 Å². The number of nitrogens with zero attached hydrogens (tertiary/aromatic N) is 1. The predicted octanol–water partition coefficient (Wildman–Crippen LogP) is 2.27. The van der Waals surface area contributed by atoms with Gasteiger partial charge in [0.05, 0.1) is 7.11 Å². The molecule has 1 aromatic rings. The molecule has 9 heteroatoms. The maximum absolute atomic E-state index is 13.1. The molecule has 0 heterocycles. The van der Waals surface area contributed by atoms with Gasteiger partial charge >= 0.3 is 0 Å². The highest BCUT2D eigenvalue weighted by molar-refractivity contribution is 7.87. The summed E-state index contributed by atoms with van der Waals surface area (Å²) < 4.78 is 39.2. The first kappa shape index (κ1) is 26.0. The molecule has 0 radical (unpaired) electrons. The number of amides is 1. The van der Waals surface area contributed by atoms with Crippen LogP contribution < -0.4 is 19.5 Å². The molecule has 2 unspecified atom stereocenters. The summed E-state index contributed by atoms with van der Waals surface area (Å²) >= 11 is 0. The molecule has 1 aromatic carbocycles. The van der Waals surface area contributed by atoms with Crippen LogP contribution in [0.5, 0.6) is 11.5 Å². The van der Waals surface area contributed by atoms with Gasteiger partial charge in [0.1, 0.15) is 12.6 Å². The SMILES string of the molecule is C#CCOc1ccc(C2CCCCC2NC(=O)[C@@H](NS(=O)(=O)N(C)C)C(C)C)cc1OC. The Bertz CT molecular complexity index is 924. The topological polar surface area (TPSA) is 97.0 Å². The number of rotatable bonds is 10. The number of methoxy groups -OCH3 is 1. The maximum Gasteiger partial charge on any atom is 0.279 e. The highest BCUT2D eigenvalue weighted by Gasteiger charge is 2.33. The van der Waals surface area contributed by atoms with E-state index in [1.807, 2.05) is 32.0 Å². The summed E-state index contributed by atoms with van der Waals surface area (Å²) in [6.45, 7) is 3.79. The van der Waals surface area contributed by atoms with E-state index in [9.17, 15) is 13.2 Å². The molecule has 32 heavy (non-hydrogen) atoms. The van der Waals surface area contributed by atoms with E-state index in [1.165, 1.54) is 14.1 Å². The van der Waals surface area contributed by atoms with Gasteiger partial charge in [-0.1, -0.05) is 38.7 Å². The lowest BCUT2D eigenvalue weighted by molar-refractivity contribution is -0.124. The third-order valence-corrected chi connectivity index (χ3v) is 7.24. The molecule has 8 nitrogen and oxygen atoms in total. The minimum Gasteiger partial charge on any atom is -0.493 e. The van der Waals surface area contributed by atoms with Crippen molar-refractivity contribution in [3.8, 4) is 23.8 Å². The molecule has 3 atom stereocenters. The molecule has 178 valence electrons. The fourth-order valence-corrected chi connectivity index (χ4v) is 4.80. The molecular formula is C23H35N3O5S. The summed E-state index contributed by atoms with van der Waals surface area (Å²) in [5.41, 5.74) is 1.04. The summed E-state index contributed by atoms with van der Waals surface area (Å²) in [7, 11) is 0.697. The van der Waals surface area contributed by atoms with Gasteiger partial charge in [0.2, 0.25) is 5.91 Å². The number of ether oxygens (including phenoxy) is 2. The lowest BCUT2D eigenvalue weighted by Gasteiger charge is -2.34. The Kier molecular flexibility index (Phi) is 9.37. The standard InChI is InChI=1S/C23H35N3O5S/c1-7-14-31-20-13-12-17(15-21(20)30-6)18-10-8-9-11-19(18)24-23(27)22(16(2)3)25-32(28,29)26(4)5/h1,12-13,15-16,18-19,22,25H,8-11,14H2,2-6H3,(H,24,27)/t18?,19?,22-/m0/s1. The quantitative estimate of drug-likeness (QED) is 0.517. The molecule has 1 aliphatic rings. The minimum absolute atomic E-state index is 0.0848. The summed E-state index contributed by atoms with van der Waals surface area (Å²) in [6.07, 6.45) is 9.06. The molecule has 0 saturated heterocycles. The van der Waals surface area contributed by atoms with Gasteiger partial charge in [-0.25, -0.2) is 0 Å². The van der Waals surface area contributed by atoms with Crippen molar-refractivity contribution in [2.24, 2.45) is 5.92 Å². The van der Waals surface area contributed by atoms with Gasteiger partial charge in [-0.15, -0.1) is 6.42 Å². The molecule has 0 bridgehead atoms. The fourth-order valence-electron chi connectivity index (χ4n) is 3.89. The van der Waals surface area contributed by atoms with Crippen LogP contribution in [0, 0.1) is 18.3 Å². The fraction of sp³-hybridized carbons (Fsp3) is 0.609. The Balaban J connectivity index is 2.22. The number of hydrogen-bond acceptors (Lipinski definition) is 5. The second-order valence-electron chi connectivity index (χ2n) is 8.54. The molecular weight excluding hydrogens is 430 g/mol. The van der Waals surface area contributed by atoms with Crippen LogP contribution in [-0.2, 0) is 15.0 Å². The molecule has 0 aliphatic heterocycles. The average molecular weight is 466 g/mol. The lowest BCUT2D eigenvalue weighted by Crippen LogP contribution is -2.55. The van der Waals surface area contributed by atoms with Gasteiger partial charge in [-0.3, -0.25) is 4.79 Å². The first-order chi connectivity index (χ1) is 15.1. The van der Waals surface area contributed by atoms with E-state index in [1.54, 1.807) is 7.11 Å². The maximum atomic E-state index is 13.1.